The molecule has 3 rings (SSSR count). The first-order valence-corrected chi connectivity index (χ1v) is 7.88. The lowest BCUT2D eigenvalue weighted by atomic mass is 9.94. The summed E-state index contributed by atoms with van der Waals surface area (Å²) in [4.78, 5) is 12.1. The summed E-state index contributed by atoms with van der Waals surface area (Å²) in [6, 6.07) is 6.07. The second kappa shape index (κ2) is 6.02. The number of fused-ring (bicyclic) bond motifs is 2. The fraction of sp³-hybridized carbons (Fsp3) is 0.500. The third kappa shape index (κ3) is 3.18. The second-order valence-corrected chi connectivity index (χ2v) is 6.49. The normalized spacial score (nSPS) is 26.3. The SMILES string of the molecule is Cc1cccc(C)c1NC(=O)CNCC1CC2C=CC1C2. The summed E-state index contributed by atoms with van der Waals surface area (Å²) < 4.78 is 0. The molecule has 1 aromatic rings. The van der Waals surface area contributed by atoms with Gasteiger partial charge in [0.05, 0.1) is 6.54 Å². The highest BCUT2D eigenvalue weighted by Crippen LogP contribution is 2.42. The molecule has 0 spiro atoms. The van der Waals surface area contributed by atoms with Gasteiger partial charge in [0.25, 0.3) is 0 Å². The summed E-state index contributed by atoms with van der Waals surface area (Å²) in [6.07, 6.45) is 7.32. The summed E-state index contributed by atoms with van der Waals surface area (Å²) in [5.41, 5.74) is 3.18. The molecule has 3 atom stereocenters. The molecule has 1 aromatic carbocycles. The third-order valence-electron chi connectivity index (χ3n) is 4.85. The van der Waals surface area contributed by atoms with Crippen molar-refractivity contribution in [3.63, 3.8) is 0 Å². The molecule has 0 aliphatic heterocycles. The lowest BCUT2D eigenvalue weighted by molar-refractivity contribution is -0.115. The van der Waals surface area contributed by atoms with Gasteiger partial charge in [0.2, 0.25) is 5.91 Å². The summed E-state index contributed by atoms with van der Waals surface area (Å²) in [7, 11) is 0. The van der Waals surface area contributed by atoms with Gasteiger partial charge in [0.1, 0.15) is 0 Å². The maximum atomic E-state index is 12.1. The van der Waals surface area contributed by atoms with Crippen LogP contribution in [0.25, 0.3) is 0 Å². The van der Waals surface area contributed by atoms with Crippen LogP contribution in [0.5, 0.6) is 0 Å². The van der Waals surface area contributed by atoms with E-state index in [4.69, 9.17) is 0 Å². The molecule has 3 nitrogen and oxygen atoms in total. The molecule has 0 aromatic heterocycles. The van der Waals surface area contributed by atoms with Gasteiger partial charge in [0.15, 0.2) is 0 Å². The number of rotatable bonds is 5. The van der Waals surface area contributed by atoms with Crippen molar-refractivity contribution < 1.29 is 4.79 Å². The predicted molar refractivity (Wildman–Crippen MR) is 86.3 cm³/mol. The van der Waals surface area contributed by atoms with Gasteiger partial charge in [-0.05, 0) is 62.1 Å². The standard InChI is InChI=1S/C18H24N2O/c1-12-4-3-5-13(2)18(12)20-17(21)11-19-10-16-9-14-6-7-15(16)8-14/h3-7,14-16,19H,8-11H2,1-2H3,(H,20,21). The van der Waals surface area contributed by atoms with Gasteiger partial charge in [0, 0.05) is 5.69 Å². The van der Waals surface area contributed by atoms with Crippen molar-refractivity contribution in [1.82, 2.24) is 5.32 Å². The average Bonchev–Trinajstić information content (AvgIpc) is 3.05. The Hall–Kier alpha value is -1.61. The Labute approximate surface area is 126 Å². The molecule has 21 heavy (non-hydrogen) atoms. The van der Waals surface area contributed by atoms with E-state index in [0.717, 1.165) is 35.2 Å². The predicted octanol–water partition coefficient (Wildman–Crippen LogP) is 3.04. The molecule has 2 aliphatic carbocycles. The van der Waals surface area contributed by atoms with E-state index in [2.05, 4.69) is 22.8 Å². The molecule has 0 saturated heterocycles. The van der Waals surface area contributed by atoms with E-state index >= 15 is 0 Å². The number of aryl methyl sites for hydroxylation is 2. The quantitative estimate of drug-likeness (QED) is 0.816. The maximum absolute atomic E-state index is 12.1. The van der Waals surface area contributed by atoms with Crippen LogP contribution in [0.15, 0.2) is 30.4 Å². The monoisotopic (exact) mass is 284 g/mol. The lowest BCUT2D eigenvalue weighted by Crippen LogP contribution is -2.33. The molecule has 3 unspecified atom stereocenters. The van der Waals surface area contributed by atoms with Gasteiger partial charge in [-0.1, -0.05) is 30.4 Å². The Bertz CT molecular complexity index is 544. The first-order valence-electron chi connectivity index (χ1n) is 7.88. The number of hydrogen-bond donors (Lipinski definition) is 2. The topological polar surface area (TPSA) is 41.1 Å². The Morgan fingerprint density at radius 2 is 1.95 bits per heavy atom. The Morgan fingerprint density at radius 1 is 1.19 bits per heavy atom. The highest BCUT2D eigenvalue weighted by molar-refractivity contribution is 5.93. The molecule has 3 heteroatoms. The highest BCUT2D eigenvalue weighted by atomic mass is 16.1. The highest BCUT2D eigenvalue weighted by Gasteiger charge is 2.34. The summed E-state index contributed by atoms with van der Waals surface area (Å²) in [5.74, 6) is 2.30. The summed E-state index contributed by atoms with van der Waals surface area (Å²) in [6.45, 7) is 5.40. The van der Waals surface area contributed by atoms with Gasteiger partial charge in [-0.25, -0.2) is 0 Å². The van der Waals surface area contributed by atoms with E-state index in [1.165, 1.54) is 12.8 Å². The molecule has 1 fully saturated rings. The number of hydrogen-bond acceptors (Lipinski definition) is 2. The Balaban J connectivity index is 1.46. The number of allylic oxidation sites excluding steroid dienone is 2. The van der Waals surface area contributed by atoms with Crippen LogP contribution in [0.1, 0.15) is 24.0 Å². The number of benzene rings is 1. The van der Waals surface area contributed by atoms with Gasteiger partial charge in [-0.15, -0.1) is 0 Å². The largest absolute Gasteiger partial charge is 0.324 e. The molecule has 2 bridgehead atoms. The zero-order chi connectivity index (χ0) is 14.8. The fourth-order valence-corrected chi connectivity index (χ4v) is 3.70. The lowest BCUT2D eigenvalue weighted by Gasteiger charge is -2.18. The molecule has 1 amide bonds. The van der Waals surface area contributed by atoms with Gasteiger partial charge >= 0.3 is 0 Å². The van der Waals surface area contributed by atoms with Gasteiger partial charge < -0.3 is 10.6 Å². The van der Waals surface area contributed by atoms with Crippen LogP contribution < -0.4 is 10.6 Å². The molecule has 2 aliphatic rings. The smallest absolute Gasteiger partial charge is 0.238 e. The number of carbonyl (C=O) groups is 1. The molecular formula is C18H24N2O. The van der Waals surface area contributed by atoms with E-state index in [-0.39, 0.29) is 5.91 Å². The molecular weight excluding hydrogens is 260 g/mol. The minimum Gasteiger partial charge on any atom is -0.324 e. The maximum Gasteiger partial charge on any atom is 0.238 e. The van der Waals surface area contributed by atoms with E-state index < -0.39 is 0 Å². The minimum absolute atomic E-state index is 0.0473. The Kier molecular flexibility index (Phi) is 4.11. The van der Waals surface area contributed by atoms with E-state index in [1.54, 1.807) is 0 Å². The number of nitrogens with one attached hydrogen (secondary N) is 2. The zero-order valence-electron chi connectivity index (χ0n) is 12.9. The average molecular weight is 284 g/mol. The van der Waals surface area contributed by atoms with E-state index in [1.807, 2.05) is 32.0 Å². The first kappa shape index (κ1) is 14.3. The molecule has 112 valence electrons. The van der Waals surface area contributed by atoms with Crippen molar-refractivity contribution in [3.05, 3.63) is 41.5 Å². The molecule has 0 heterocycles. The Morgan fingerprint density at radius 3 is 2.57 bits per heavy atom. The van der Waals surface area contributed by atoms with Crippen molar-refractivity contribution in [2.45, 2.75) is 26.7 Å². The van der Waals surface area contributed by atoms with Crippen LogP contribution in [0.2, 0.25) is 0 Å². The van der Waals surface area contributed by atoms with Crippen LogP contribution in [0.4, 0.5) is 5.69 Å². The number of anilines is 1. The third-order valence-corrected chi connectivity index (χ3v) is 4.85. The van der Waals surface area contributed by atoms with Crippen molar-refractivity contribution in [1.29, 1.82) is 0 Å². The van der Waals surface area contributed by atoms with Crippen molar-refractivity contribution in [2.24, 2.45) is 17.8 Å². The van der Waals surface area contributed by atoms with E-state index in [0.29, 0.717) is 12.5 Å². The van der Waals surface area contributed by atoms with Crippen molar-refractivity contribution >= 4 is 11.6 Å². The van der Waals surface area contributed by atoms with Crippen LogP contribution in [-0.4, -0.2) is 19.0 Å². The number of carbonyl (C=O) groups excluding carboxylic acids is 1. The summed E-state index contributed by atoms with van der Waals surface area (Å²) >= 11 is 0. The van der Waals surface area contributed by atoms with Crippen molar-refractivity contribution in [2.75, 3.05) is 18.4 Å². The molecule has 2 N–H and O–H groups in total. The van der Waals surface area contributed by atoms with Crippen LogP contribution in [0.3, 0.4) is 0 Å². The summed E-state index contributed by atoms with van der Waals surface area (Å²) in [5, 5.41) is 6.35. The van der Waals surface area contributed by atoms with Gasteiger partial charge in [-0.3, -0.25) is 4.79 Å². The number of para-hydroxylation sites is 1. The molecule has 0 radical (unpaired) electrons. The first-order chi connectivity index (χ1) is 10.1. The van der Waals surface area contributed by atoms with Crippen LogP contribution in [-0.2, 0) is 4.79 Å². The van der Waals surface area contributed by atoms with Crippen LogP contribution in [0, 0.1) is 31.6 Å². The zero-order valence-corrected chi connectivity index (χ0v) is 12.9. The number of amides is 1. The second-order valence-electron chi connectivity index (χ2n) is 6.49. The minimum atomic E-state index is 0.0473. The van der Waals surface area contributed by atoms with E-state index in [9.17, 15) is 4.79 Å². The fourth-order valence-electron chi connectivity index (χ4n) is 3.70. The van der Waals surface area contributed by atoms with Crippen molar-refractivity contribution in [3.8, 4) is 0 Å². The van der Waals surface area contributed by atoms with Crippen LogP contribution >= 0.6 is 0 Å². The van der Waals surface area contributed by atoms with Gasteiger partial charge in [-0.2, -0.15) is 0 Å². The molecule has 1 saturated carbocycles.